The van der Waals surface area contributed by atoms with Gasteiger partial charge in [-0.05, 0) is 28.7 Å². The molecule has 4 rings (SSSR count). The van der Waals surface area contributed by atoms with Gasteiger partial charge in [-0.3, -0.25) is 0 Å². The average Bonchev–Trinajstić information content (AvgIpc) is 3.40. The van der Waals surface area contributed by atoms with Crippen LogP contribution in [0.5, 0.6) is 0 Å². The van der Waals surface area contributed by atoms with Gasteiger partial charge in [-0.15, -0.1) is 11.3 Å². The molecule has 4 heterocycles. The number of rotatable bonds is 7. The normalized spacial score (nSPS) is 11.2. The van der Waals surface area contributed by atoms with Crippen molar-refractivity contribution in [3.63, 3.8) is 0 Å². The Labute approximate surface area is 153 Å². The summed E-state index contributed by atoms with van der Waals surface area (Å²) in [5, 5.41) is 13.0. The van der Waals surface area contributed by atoms with Gasteiger partial charge in [0.25, 0.3) is 0 Å². The minimum absolute atomic E-state index is 0.380. The SMILES string of the molecule is CCn1ccnc1CN(C)c1nc2nonc2nc1NCc1cccs1. The molecule has 0 aliphatic rings. The average molecular weight is 370 g/mol. The van der Waals surface area contributed by atoms with Crippen LogP contribution in [0.15, 0.2) is 34.5 Å². The summed E-state index contributed by atoms with van der Waals surface area (Å²) < 4.78 is 6.86. The van der Waals surface area contributed by atoms with Crippen molar-refractivity contribution >= 4 is 34.3 Å². The smallest absolute Gasteiger partial charge is 0.245 e. The number of nitrogens with one attached hydrogen (secondary N) is 1. The second-order valence-corrected chi connectivity index (χ2v) is 6.76. The number of nitrogens with zero attached hydrogens (tertiary/aromatic N) is 7. The van der Waals surface area contributed by atoms with E-state index >= 15 is 0 Å². The van der Waals surface area contributed by atoms with E-state index in [-0.39, 0.29) is 0 Å². The zero-order chi connectivity index (χ0) is 17.9. The van der Waals surface area contributed by atoms with Crippen LogP contribution in [0.3, 0.4) is 0 Å². The van der Waals surface area contributed by atoms with E-state index in [4.69, 9.17) is 4.63 Å². The number of hydrogen-bond donors (Lipinski definition) is 1. The Kier molecular flexibility index (Phi) is 4.48. The number of thiophene rings is 1. The highest BCUT2D eigenvalue weighted by atomic mass is 32.1. The highest BCUT2D eigenvalue weighted by Gasteiger charge is 2.17. The summed E-state index contributed by atoms with van der Waals surface area (Å²) in [5.41, 5.74) is 0.762. The zero-order valence-corrected chi connectivity index (χ0v) is 15.3. The molecule has 0 fully saturated rings. The Bertz CT molecular complexity index is 993. The van der Waals surface area contributed by atoms with Crippen molar-refractivity contribution in [2.75, 3.05) is 17.3 Å². The molecule has 9 nitrogen and oxygen atoms in total. The van der Waals surface area contributed by atoms with Gasteiger partial charge in [0.05, 0.1) is 13.1 Å². The fourth-order valence-electron chi connectivity index (χ4n) is 2.66. The number of imidazole rings is 1. The molecule has 134 valence electrons. The monoisotopic (exact) mass is 370 g/mol. The molecule has 0 radical (unpaired) electrons. The van der Waals surface area contributed by atoms with Crippen LogP contribution in [0.4, 0.5) is 11.6 Å². The maximum absolute atomic E-state index is 4.76. The first kappa shape index (κ1) is 16.5. The summed E-state index contributed by atoms with van der Waals surface area (Å²) in [6.07, 6.45) is 3.77. The second-order valence-electron chi connectivity index (χ2n) is 5.73. The fourth-order valence-corrected chi connectivity index (χ4v) is 3.31. The van der Waals surface area contributed by atoms with Gasteiger partial charge in [-0.25, -0.2) is 19.6 Å². The molecule has 10 heteroatoms. The van der Waals surface area contributed by atoms with Crippen molar-refractivity contribution in [3.8, 4) is 0 Å². The van der Waals surface area contributed by atoms with Crippen LogP contribution < -0.4 is 10.2 Å². The lowest BCUT2D eigenvalue weighted by molar-refractivity contribution is 0.314. The molecule has 0 unspecified atom stereocenters. The van der Waals surface area contributed by atoms with Gasteiger partial charge in [0.15, 0.2) is 11.6 Å². The van der Waals surface area contributed by atoms with Crippen LogP contribution >= 0.6 is 11.3 Å². The van der Waals surface area contributed by atoms with E-state index in [0.717, 1.165) is 12.4 Å². The van der Waals surface area contributed by atoms with Crippen molar-refractivity contribution in [2.24, 2.45) is 0 Å². The van der Waals surface area contributed by atoms with Gasteiger partial charge in [0, 0.05) is 30.9 Å². The number of anilines is 2. The van der Waals surface area contributed by atoms with Crippen LogP contribution in [0.2, 0.25) is 0 Å². The topological polar surface area (TPSA) is 97.8 Å². The minimum Gasteiger partial charge on any atom is -0.362 e. The number of aryl methyl sites for hydroxylation is 1. The molecular formula is C16H18N8OS. The molecule has 4 aromatic heterocycles. The van der Waals surface area contributed by atoms with E-state index in [9.17, 15) is 0 Å². The highest BCUT2D eigenvalue weighted by molar-refractivity contribution is 7.09. The summed E-state index contributed by atoms with van der Waals surface area (Å²) in [6.45, 7) is 4.21. The predicted octanol–water partition coefficient (Wildman–Crippen LogP) is 2.54. The molecule has 0 aliphatic carbocycles. The maximum Gasteiger partial charge on any atom is 0.245 e. The largest absolute Gasteiger partial charge is 0.362 e. The lowest BCUT2D eigenvalue weighted by Crippen LogP contribution is -2.22. The van der Waals surface area contributed by atoms with E-state index in [1.165, 1.54) is 4.88 Å². The van der Waals surface area contributed by atoms with Crippen LogP contribution in [-0.2, 0) is 19.6 Å². The molecule has 26 heavy (non-hydrogen) atoms. The Hall–Kier alpha value is -3.01. The Morgan fingerprint density at radius 2 is 2.12 bits per heavy atom. The number of hydrogen-bond acceptors (Lipinski definition) is 9. The van der Waals surface area contributed by atoms with Gasteiger partial charge in [-0.1, -0.05) is 6.07 Å². The molecule has 0 aliphatic heterocycles. The lowest BCUT2D eigenvalue weighted by atomic mass is 10.4. The molecule has 4 aromatic rings. The fraction of sp³-hybridized carbons (Fsp3) is 0.312. The van der Waals surface area contributed by atoms with Crippen LogP contribution in [0, 0.1) is 0 Å². The molecule has 0 bridgehead atoms. The first-order valence-corrected chi connectivity index (χ1v) is 9.10. The van der Waals surface area contributed by atoms with Crippen molar-refractivity contribution in [1.82, 2.24) is 29.8 Å². The summed E-state index contributed by atoms with van der Waals surface area (Å²) in [4.78, 5) is 16.7. The van der Waals surface area contributed by atoms with E-state index in [2.05, 4.69) is 48.1 Å². The standard InChI is InChI=1S/C16H18N8OS/c1-3-24-7-6-17-12(24)10-23(2)16-15(18-9-11-5-4-8-26-11)19-13-14(20-16)22-25-21-13/h4-8H,3,9-10H2,1-2H3,(H,18,19,21). The molecule has 0 saturated heterocycles. The summed E-state index contributed by atoms with van der Waals surface area (Å²) in [7, 11) is 1.95. The van der Waals surface area contributed by atoms with Crippen molar-refractivity contribution in [3.05, 3.63) is 40.6 Å². The highest BCUT2D eigenvalue weighted by Crippen LogP contribution is 2.25. The van der Waals surface area contributed by atoms with Gasteiger partial charge >= 0.3 is 0 Å². The van der Waals surface area contributed by atoms with Gasteiger partial charge in [0.1, 0.15) is 5.82 Å². The molecule has 0 spiro atoms. The third-order valence-corrected chi connectivity index (χ3v) is 4.87. The summed E-state index contributed by atoms with van der Waals surface area (Å²) >= 11 is 1.69. The molecular weight excluding hydrogens is 352 g/mol. The van der Waals surface area contributed by atoms with Crippen LogP contribution in [0.1, 0.15) is 17.6 Å². The van der Waals surface area contributed by atoms with Crippen molar-refractivity contribution in [2.45, 2.75) is 26.6 Å². The first-order chi connectivity index (χ1) is 12.7. The van der Waals surface area contributed by atoms with Gasteiger partial charge in [-0.2, -0.15) is 0 Å². The molecule has 0 amide bonds. The summed E-state index contributed by atoms with van der Waals surface area (Å²) in [6, 6.07) is 4.10. The number of aromatic nitrogens is 6. The molecule has 0 saturated carbocycles. The van der Waals surface area contributed by atoms with Crippen molar-refractivity contribution in [1.29, 1.82) is 0 Å². The van der Waals surface area contributed by atoms with E-state index in [1.807, 2.05) is 29.6 Å². The van der Waals surface area contributed by atoms with E-state index in [1.54, 1.807) is 17.5 Å². The third kappa shape index (κ3) is 3.23. The molecule has 0 aromatic carbocycles. The van der Waals surface area contributed by atoms with Gasteiger partial charge < -0.3 is 14.8 Å². The van der Waals surface area contributed by atoms with E-state index < -0.39 is 0 Å². The number of fused-ring (bicyclic) bond motifs is 1. The minimum atomic E-state index is 0.380. The second kappa shape index (κ2) is 7.08. The lowest BCUT2D eigenvalue weighted by Gasteiger charge is -2.20. The maximum atomic E-state index is 4.76. The van der Waals surface area contributed by atoms with E-state index in [0.29, 0.717) is 36.0 Å². The molecule has 1 N–H and O–H groups in total. The quantitative estimate of drug-likeness (QED) is 0.530. The predicted molar refractivity (Wildman–Crippen MR) is 99.0 cm³/mol. The summed E-state index contributed by atoms with van der Waals surface area (Å²) in [5.74, 6) is 2.27. The Balaban J connectivity index is 1.63. The molecule has 0 atom stereocenters. The first-order valence-electron chi connectivity index (χ1n) is 8.22. The Morgan fingerprint density at radius 1 is 1.27 bits per heavy atom. The third-order valence-electron chi connectivity index (χ3n) is 3.99. The zero-order valence-electron chi connectivity index (χ0n) is 14.5. The van der Waals surface area contributed by atoms with Gasteiger partial charge in [0.2, 0.25) is 11.3 Å². The van der Waals surface area contributed by atoms with Crippen molar-refractivity contribution < 1.29 is 4.63 Å². The Morgan fingerprint density at radius 3 is 2.88 bits per heavy atom. The van der Waals surface area contributed by atoms with Crippen LogP contribution in [-0.4, -0.2) is 36.9 Å². The van der Waals surface area contributed by atoms with Crippen LogP contribution in [0.25, 0.3) is 11.3 Å².